The van der Waals surface area contributed by atoms with Crippen LogP contribution in [0.2, 0.25) is 0 Å². The second-order valence-electron chi connectivity index (χ2n) is 4.83. The van der Waals surface area contributed by atoms with Gasteiger partial charge in [-0.1, -0.05) is 12.1 Å². The maximum Gasteiger partial charge on any atom is 0.573 e. The summed E-state index contributed by atoms with van der Waals surface area (Å²) in [5.41, 5.74) is 0.908. The van der Waals surface area contributed by atoms with Gasteiger partial charge in [0.2, 0.25) is 0 Å². The Labute approximate surface area is 117 Å². The van der Waals surface area contributed by atoms with Gasteiger partial charge in [0.25, 0.3) is 0 Å². The Morgan fingerprint density at radius 2 is 1.80 bits per heavy atom. The standard InChI is InChI=1S/C14H20F3NO2/c1-11(2)18(8-3-9-19)10-12-4-6-13(7-5-12)20-14(15,16)17/h4-7,11,19H,3,8-10H2,1-2H3. The van der Waals surface area contributed by atoms with Crippen molar-refractivity contribution in [1.82, 2.24) is 4.90 Å². The van der Waals surface area contributed by atoms with Crippen LogP contribution in [0.5, 0.6) is 5.75 Å². The fraction of sp³-hybridized carbons (Fsp3) is 0.571. The van der Waals surface area contributed by atoms with Crippen molar-refractivity contribution in [3.05, 3.63) is 29.8 Å². The van der Waals surface area contributed by atoms with E-state index in [0.29, 0.717) is 19.0 Å². The van der Waals surface area contributed by atoms with E-state index in [1.807, 2.05) is 13.8 Å². The molecule has 0 fully saturated rings. The molecule has 1 aromatic carbocycles. The Bertz CT molecular complexity index is 390. The summed E-state index contributed by atoms with van der Waals surface area (Å²) in [6.07, 6.45) is -3.99. The van der Waals surface area contributed by atoms with E-state index in [1.54, 1.807) is 12.1 Å². The number of alkyl halides is 3. The summed E-state index contributed by atoms with van der Waals surface area (Å²) in [7, 11) is 0. The van der Waals surface area contributed by atoms with Crippen molar-refractivity contribution < 1.29 is 23.0 Å². The van der Waals surface area contributed by atoms with Crippen molar-refractivity contribution in [1.29, 1.82) is 0 Å². The molecule has 0 atom stereocenters. The second kappa shape index (κ2) is 7.50. The molecule has 0 bridgehead atoms. The number of ether oxygens (including phenoxy) is 1. The highest BCUT2D eigenvalue weighted by molar-refractivity contribution is 5.27. The number of hydrogen-bond acceptors (Lipinski definition) is 3. The lowest BCUT2D eigenvalue weighted by molar-refractivity contribution is -0.274. The summed E-state index contributed by atoms with van der Waals surface area (Å²) >= 11 is 0. The van der Waals surface area contributed by atoms with Gasteiger partial charge in [-0.3, -0.25) is 4.90 Å². The van der Waals surface area contributed by atoms with Crippen molar-refractivity contribution in [3.63, 3.8) is 0 Å². The third-order valence-corrected chi connectivity index (χ3v) is 2.88. The van der Waals surface area contributed by atoms with Crippen LogP contribution in [0.3, 0.4) is 0 Å². The van der Waals surface area contributed by atoms with Gasteiger partial charge in [-0.25, -0.2) is 0 Å². The van der Waals surface area contributed by atoms with Gasteiger partial charge in [0.05, 0.1) is 0 Å². The van der Waals surface area contributed by atoms with E-state index in [9.17, 15) is 13.2 Å². The largest absolute Gasteiger partial charge is 0.573 e. The summed E-state index contributed by atoms with van der Waals surface area (Å²) in [5.74, 6) is -0.215. The first-order chi connectivity index (χ1) is 9.31. The normalized spacial score (nSPS) is 12.2. The molecule has 0 saturated carbocycles. The van der Waals surface area contributed by atoms with Crippen molar-refractivity contribution >= 4 is 0 Å². The molecule has 1 rings (SSSR count). The van der Waals surface area contributed by atoms with E-state index in [4.69, 9.17) is 5.11 Å². The predicted molar refractivity (Wildman–Crippen MR) is 70.4 cm³/mol. The number of aliphatic hydroxyl groups is 1. The maximum atomic E-state index is 12.0. The molecule has 3 nitrogen and oxygen atoms in total. The van der Waals surface area contributed by atoms with Crippen LogP contribution in [-0.4, -0.2) is 35.6 Å². The minimum Gasteiger partial charge on any atom is -0.406 e. The molecular weight excluding hydrogens is 271 g/mol. The molecule has 0 heterocycles. The molecule has 0 saturated heterocycles. The lowest BCUT2D eigenvalue weighted by Gasteiger charge is -2.26. The lowest BCUT2D eigenvalue weighted by Crippen LogP contribution is -2.31. The van der Waals surface area contributed by atoms with Crippen LogP contribution in [0.15, 0.2) is 24.3 Å². The van der Waals surface area contributed by atoms with Gasteiger partial charge in [0, 0.05) is 25.7 Å². The molecule has 1 aromatic rings. The molecular formula is C14H20F3NO2. The van der Waals surface area contributed by atoms with Crippen molar-refractivity contribution in [2.24, 2.45) is 0 Å². The fourth-order valence-electron chi connectivity index (χ4n) is 1.82. The fourth-order valence-corrected chi connectivity index (χ4v) is 1.82. The zero-order valence-corrected chi connectivity index (χ0v) is 11.7. The number of rotatable bonds is 7. The molecule has 0 radical (unpaired) electrons. The number of benzene rings is 1. The summed E-state index contributed by atoms with van der Waals surface area (Å²) in [6, 6.07) is 6.17. The van der Waals surface area contributed by atoms with E-state index in [0.717, 1.165) is 12.1 Å². The molecule has 1 N–H and O–H groups in total. The Kier molecular flexibility index (Phi) is 6.29. The number of hydrogen-bond donors (Lipinski definition) is 1. The number of aliphatic hydroxyl groups excluding tert-OH is 1. The SMILES string of the molecule is CC(C)N(CCCO)Cc1ccc(OC(F)(F)F)cc1. The minimum atomic E-state index is -4.66. The Hall–Kier alpha value is -1.27. The average Bonchev–Trinajstić information content (AvgIpc) is 2.34. The molecule has 114 valence electrons. The molecule has 0 aliphatic rings. The highest BCUT2D eigenvalue weighted by Crippen LogP contribution is 2.23. The van der Waals surface area contributed by atoms with Crippen LogP contribution in [0.1, 0.15) is 25.8 Å². The molecule has 0 aliphatic heterocycles. The summed E-state index contributed by atoms with van der Waals surface area (Å²) in [5, 5.41) is 8.86. The third-order valence-electron chi connectivity index (χ3n) is 2.88. The lowest BCUT2D eigenvalue weighted by atomic mass is 10.1. The summed E-state index contributed by atoms with van der Waals surface area (Å²) in [6.45, 7) is 5.58. The second-order valence-corrected chi connectivity index (χ2v) is 4.83. The summed E-state index contributed by atoms with van der Waals surface area (Å²) < 4.78 is 40.0. The zero-order chi connectivity index (χ0) is 15.2. The molecule has 0 aliphatic carbocycles. The van der Waals surface area contributed by atoms with Gasteiger partial charge in [-0.2, -0.15) is 0 Å². The topological polar surface area (TPSA) is 32.7 Å². The van der Waals surface area contributed by atoms with Gasteiger partial charge in [0.15, 0.2) is 0 Å². The van der Waals surface area contributed by atoms with Gasteiger partial charge in [-0.05, 0) is 38.0 Å². The third kappa shape index (κ3) is 6.25. The highest BCUT2D eigenvalue weighted by Gasteiger charge is 2.30. The maximum absolute atomic E-state index is 12.0. The number of halogens is 3. The Morgan fingerprint density at radius 1 is 1.20 bits per heavy atom. The van der Waals surface area contributed by atoms with Crippen LogP contribution in [0, 0.1) is 0 Å². The molecule has 0 unspecified atom stereocenters. The first kappa shape index (κ1) is 16.8. The van der Waals surface area contributed by atoms with E-state index in [1.165, 1.54) is 12.1 Å². The molecule has 0 amide bonds. The predicted octanol–water partition coefficient (Wildman–Crippen LogP) is 3.18. The van der Waals surface area contributed by atoms with Gasteiger partial charge in [0.1, 0.15) is 5.75 Å². The number of nitrogens with zero attached hydrogens (tertiary/aromatic N) is 1. The van der Waals surface area contributed by atoms with Crippen molar-refractivity contribution in [3.8, 4) is 5.75 Å². The van der Waals surface area contributed by atoms with Crippen LogP contribution < -0.4 is 4.74 Å². The van der Waals surface area contributed by atoms with Crippen LogP contribution in [0.25, 0.3) is 0 Å². The molecule has 6 heteroatoms. The van der Waals surface area contributed by atoms with E-state index < -0.39 is 6.36 Å². The van der Waals surface area contributed by atoms with E-state index in [2.05, 4.69) is 9.64 Å². The first-order valence-electron chi connectivity index (χ1n) is 6.51. The average molecular weight is 291 g/mol. The Morgan fingerprint density at radius 3 is 2.25 bits per heavy atom. The monoisotopic (exact) mass is 291 g/mol. The highest BCUT2D eigenvalue weighted by atomic mass is 19.4. The minimum absolute atomic E-state index is 0.127. The van der Waals surface area contributed by atoms with Crippen LogP contribution in [0.4, 0.5) is 13.2 Å². The zero-order valence-electron chi connectivity index (χ0n) is 11.7. The van der Waals surface area contributed by atoms with Crippen molar-refractivity contribution in [2.75, 3.05) is 13.2 Å². The van der Waals surface area contributed by atoms with Gasteiger partial charge in [-0.15, -0.1) is 13.2 Å². The smallest absolute Gasteiger partial charge is 0.406 e. The first-order valence-corrected chi connectivity index (χ1v) is 6.51. The van der Waals surface area contributed by atoms with Crippen LogP contribution >= 0.6 is 0 Å². The summed E-state index contributed by atoms with van der Waals surface area (Å²) in [4.78, 5) is 2.15. The Balaban J connectivity index is 2.63. The molecule has 0 spiro atoms. The van der Waals surface area contributed by atoms with E-state index in [-0.39, 0.29) is 12.4 Å². The molecule has 20 heavy (non-hydrogen) atoms. The van der Waals surface area contributed by atoms with Crippen molar-refractivity contribution in [2.45, 2.75) is 39.2 Å². The molecule has 0 aromatic heterocycles. The van der Waals surface area contributed by atoms with Crippen LogP contribution in [-0.2, 0) is 6.54 Å². The van der Waals surface area contributed by atoms with Gasteiger partial charge >= 0.3 is 6.36 Å². The van der Waals surface area contributed by atoms with E-state index >= 15 is 0 Å². The quantitative estimate of drug-likeness (QED) is 0.837. The van der Waals surface area contributed by atoms with Gasteiger partial charge < -0.3 is 9.84 Å².